The van der Waals surface area contributed by atoms with Crippen molar-refractivity contribution in [2.45, 2.75) is 44.9 Å². The Morgan fingerprint density at radius 2 is 2.00 bits per heavy atom. The monoisotopic (exact) mass is 233 g/mol. The third-order valence-electron chi connectivity index (χ3n) is 1.95. The maximum Gasteiger partial charge on any atom is 0.408 e. The summed E-state index contributed by atoms with van der Waals surface area (Å²) in [6.07, 6.45) is -1.79. The van der Waals surface area contributed by atoms with Gasteiger partial charge in [-0.15, -0.1) is 0 Å². The van der Waals surface area contributed by atoms with E-state index in [2.05, 4.69) is 5.32 Å². The van der Waals surface area contributed by atoms with Gasteiger partial charge in [-0.3, -0.25) is 0 Å². The summed E-state index contributed by atoms with van der Waals surface area (Å²) in [4.78, 5) is 22.2. The second-order valence-corrected chi connectivity index (χ2v) is 4.62. The number of hydrogen-bond donors (Lipinski definition) is 3. The lowest BCUT2D eigenvalue weighted by molar-refractivity contribution is -0.119. The van der Waals surface area contributed by atoms with E-state index < -0.39 is 29.9 Å². The van der Waals surface area contributed by atoms with Gasteiger partial charge in [0, 0.05) is 0 Å². The first-order valence-corrected chi connectivity index (χ1v) is 4.93. The molecule has 6 heteroatoms. The van der Waals surface area contributed by atoms with Crippen LogP contribution in [0.25, 0.3) is 0 Å². The van der Waals surface area contributed by atoms with Crippen LogP contribution in [0.2, 0.25) is 0 Å². The summed E-state index contributed by atoms with van der Waals surface area (Å²) in [5.74, 6) is 0. The molecule has 6 nitrogen and oxygen atoms in total. The fourth-order valence-electron chi connectivity index (χ4n) is 0.935. The zero-order chi connectivity index (χ0) is 13.0. The van der Waals surface area contributed by atoms with E-state index in [-0.39, 0.29) is 0 Å². The molecule has 0 heterocycles. The normalized spacial score (nSPS) is 17.1. The van der Waals surface area contributed by atoms with Crippen LogP contribution >= 0.6 is 0 Å². The molecule has 0 aliphatic heterocycles. The van der Waals surface area contributed by atoms with Crippen molar-refractivity contribution in [2.24, 2.45) is 0 Å². The maximum absolute atomic E-state index is 11.4. The average molecular weight is 233 g/mol. The van der Waals surface area contributed by atoms with Gasteiger partial charge >= 0.3 is 6.09 Å². The lowest BCUT2D eigenvalue weighted by atomic mass is 9.97. The third-order valence-corrected chi connectivity index (χ3v) is 1.95. The average Bonchev–Trinajstić information content (AvgIpc) is 2.10. The first-order chi connectivity index (χ1) is 7.17. The number of aliphatic hydroxyl groups is 2. The van der Waals surface area contributed by atoms with E-state index >= 15 is 0 Å². The number of carbonyl (C=O) groups is 2. The Labute approximate surface area is 94.6 Å². The van der Waals surface area contributed by atoms with Crippen LogP contribution in [-0.2, 0) is 9.53 Å². The lowest BCUT2D eigenvalue weighted by Crippen LogP contribution is -2.60. The van der Waals surface area contributed by atoms with Gasteiger partial charge in [0.1, 0.15) is 11.1 Å². The van der Waals surface area contributed by atoms with Crippen LogP contribution in [-0.4, -0.2) is 46.4 Å². The highest BCUT2D eigenvalue weighted by Gasteiger charge is 2.37. The molecule has 1 amide bonds. The first kappa shape index (κ1) is 14.9. The summed E-state index contributed by atoms with van der Waals surface area (Å²) in [6.45, 7) is 5.58. The largest absolute Gasteiger partial charge is 0.444 e. The summed E-state index contributed by atoms with van der Waals surface area (Å²) in [7, 11) is 0. The minimum absolute atomic E-state index is 0.293. The Balaban J connectivity index is 4.65. The number of aldehydes is 1. The second-order valence-electron chi connectivity index (χ2n) is 4.62. The number of carbonyl (C=O) groups excluding carboxylic acids is 2. The maximum atomic E-state index is 11.4. The first-order valence-electron chi connectivity index (χ1n) is 4.93. The van der Waals surface area contributed by atoms with Gasteiger partial charge < -0.3 is 25.1 Å². The van der Waals surface area contributed by atoms with Crippen molar-refractivity contribution in [1.29, 1.82) is 0 Å². The van der Waals surface area contributed by atoms with Crippen molar-refractivity contribution < 1.29 is 24.5 Å². The summed E-state index contributed by atoms with van der Waals surface area (Å²) < 4.78 is 4.92. The Hall–Kier alpha value is -1.14. The van der Waals surface area contributed by atoms with Crippen molar-refractivity contribution in [2.75, 3.05) is 6.61 Å². The Morgan fingerprint density at radius 1 is 1.50 bits per heavy atom. The van der Waals surface area contributed by atoms with Crippen molar-refractivity contribution in [1.82, 2.24) is 5.32 Å². The molecule has 0 spiro atoms. The molecule has 0 aromatic heterocycles. The van der Waals surface area contributed by atoms with Crippen LogP contribution < -0.4 is 5.32 Å². The molecule has 16 heavy (non-hydrogen) atoms. The minimum atomic E-state index is -1.72. The standard InChI is InChI=1S/C10H19NO5/c1-7(14)10(5-12,6-13)11-8(15)16-9(2,3)4/h5,7,13-14H,6H2,1-4H3,(H,11,15)/t7-,10-/m1/s1. The van der Waals surface area contributed by atoms with Crippen LogP contribution in [0.15, 0.2) is 0 Å². The van der Waals surface area contributed by atoms with E-state index in [4.69, 9.17) is 9.84 Å². The third kappa shape index (κ3) is 4.16. The smallest absolute Gasteiger partial charge is 0.408 e. The molecule has 94 valence electrons. The van der Waals surface area contributed by atoms with Crippen molar-refractivity contribution in [3.63, 3.8) is 0 Å². The van der Waals surface area contributed by atoms with Crippen molar-refractivity contribution in [3.05, 3.63) is 0 Å². The van der Waals surface area contributed by atoms with E-state index in [1.54, 1.807) is 20.8 Å². The van der Waals surface area contributed by atoms with Gasteiger partial charge in [0.05, 0.1) is 12.7 Å². The van der Waals surface area contributed by atoms with Crippen LogP contribution in [0.5, 0.6) is 0 Å². The number of hydrogen-bond acceptors (Lipinski definition) is 5. The second kappa shape index (κ2) is 5.27. The molecule has 0 aliphatic rings. The van der Waals surface area contributed by atoms with Gasteiger partial charge in [0.15, 0.2) is 6.29 Å². The summed E-state index contributed by atoms with van der Waals surface area (Å²) >= 11 is 0. The van der Waals surface area contributed by atoms with Crippen molar-refractivity contribution in [3.8, 4) is 0 Å². The Morgan fingerprint density at radius 3 is 2.25 bits per heavy atom. The van der Waals surface area contributed by atoms with E-state index in [0.29, 0.717) is 6.29 Å². The molecular weight excluding hydrogens is 214 g/mol. The van der Waals surface area contributed by atoms with Crippen LogP contribution in [0.3, 0.4) is 0 Å². The molecule has 0 saturated heterocycles. The SMILES string of the molecule is C[C@@H](O)[C@@](C=O)(CO)NC(=O)OC(C)(C)C. The zero-order valence-electron chi connectivity index (χ0n) is 9.98. The van der Waals surface area contributed by atoms with E-state index in [1.807, 2.05) is 0 Å². The summed E-state index contributed by atoms with van der Waals surface area (Å²) in [5.41, 5.74) is -2.44. The Bertz CT molecular complexity index is 258. The fraction of sp³-hybridized carbons (Fsp3) is 0.800. The predicted molar refractivity (Wildman–Crippen MR) is 56.9 cm³/mol. The highest BCUT2D eigenvalue weighted by Crippen LogP contribution is 2.11. The molecule has 0 aromatic rings. The minimum Gasteiger partial charge on any atom is -0.444 e. The molecule has 0 fully saturated rings. The van der Waals surface area contributed by atoms with Crippen LogP contribution in [0, 0.1) is 0 Å². The zero-order valence-corrected chi connectivity index (χ0v) is 9.98. The molecular formula is C10H19NO5. The van der Waals surface area contributed by atoms with E-state index in [9.17, 15) is 14.7 Å². The van der Waals surface area contributed by atoms with Gasteiger partial charge in [-0.2, -0.15) is 0 Å². The molecule has 3 N–H and O–H groups in total. The quantitative estimate of drug-likeness (QED) is 0.585. The fourth-order valence-corrected chi connectivity index (χ4v) is 0.935. The number of amides is 1. The van der Waals surface area contributed by atoms with Gasteiger partial charge in [0.2, 0.25) is 0 Å². The molecule has 2 atom stereocenters. The number of nitrogens with one attached hydrogen (secondary N) is 1. The molecule has 0 saturated carbocycles. The molecule has 0 aliphatic carbocycles. The highest BCUT2D eigenvalue weighted by atomic mass is 16.6. The lowest BCUT2D eigenvalue weighted by Gasteiger charge is -2.31. The van der Waals surface area contributed by atoms with Crippen molar-refractivity contribution >= 4 is 12.4 Å². The molecule has 0 bridgehead atoms. The van der Waals surface area contributed by atoms with E-state index in [0.717, 1.165) is 0 Å². The van der Waals surface area contributed by atoms with Crippen LogP contribution in [0.4, 0.5) is 4.79 Å². The highest BCUT2D eigenvalue weighted by molar-refractivity contribution is 5.77. The summed E-state index contributed by atoms with van der Waals surface area (Å²) in [6, 6.07) is 0. The topological polar surface area (TPSA) is 95.9 Å². The molecule has 0 unspecified atom stereocenters. The van der Waals surface area contributed by atoms with E-state index in [1.165, 1.54) is 6.92 Å². The van der Waals surface area contributed by atoms with Gasteiger partial charge in [-0.05, 0) is 27.7 Å². The number of ether oxygens (including phenoxy) is 1. The van der Waals surface area contributed by atoms with Gasteiger partial charge in [0.25, 0.3) is 0 Å². The Kier molecular flexibility index (Phi) is 4.89. The van der Waals surface area contributed by atoms with Gasteiger partial charge in [-0.25, -0.2) is 4.79 Å². The number of alkyl carbamates (subject to hydrolysis) is 1. The predicted octanol–water partition coefficient (Wildman–Crippen LogP) is -0.178. The summed E-state index contributed by atoms with van der Waals surface area (Å²) in [5, 5.41) is 20.5. The molecule has 0 radical (unpaired) electrons. The van der Waals surface area contributed by atoms with Crippen LogP contribution in [0.1, 0.15) is 27.7 Å². The number of rotatable bonds is 4. The number of aliphatic hydroxyl groups excluding tert-OH is 2. The molecule has 0 aromatic carbocycles. The van der Waals surface area contributed by atoms with Gasteiger partial charge in [-0.1, -0.05) is 0 Å². The molecule has 0 rings (SSSR count).